The smallest absolute Gasteiger partial charge is 0.125 e. The molecular weight excluding hydrogens is 218 g/mol. The fraction of sp³-hybridized carbons (Fsp3) is 0.750. The number of rotatable bonds is 2. The van der Waals surface area contributed by atoms with Crippen LogP contribution >= 0.6 is 0 Å². The van der Waals surface area contributed by atoms with Crippen LogP contribution in [-0.2, 0) is 9.47 Å². The lowest BCUT2D eigenvalue weighted by Crippen LogP contribution is -2.35. The van der Waals surface area contributed by atoms with Gasteiger partial charge in [0.2, 0.25) is 0 Å². The van der Waals surface area contributed by atoms with E-state index in [1.807, 2.05) is 6.20 Å². The summed E-state index contributed by atoms with van der Waals surface area (Å²) in [5.74, 6) is 1.58. The summed E-state index contributed by atoms with van der Waals surface area (Å²) in [7, 11) is 0. The van der Waals surface area contributed by atoms with Gasteiger partial charge in [0, 0.05) is 37.6 Å². The van der Waals surface area contributed by atoms with Crippen LogP contribution in [0.25, 0.3) is 0 Å². The number of ether oxygens (including phenoxy) is 2. The number of nitrogens with zero attached hydrogens (tertiary/aromatic N) is 1. The van der Waals surface area contributed by atoms with Gasteiger partial charge in [0.1, 0.15) is 5.82 Å². The Balaban J connectivity index is 1.68. The van der Waals surface area contributed by atoms with E-state index < -0.39 is 0 Å². The fourth-order valence-electron chi connectivity index (χ4n) is 2.49. The molecule has 1 aromatic rings. The number of hydrogen-bond donors (Lipinski definition) is 2. The van der Waals surface area contributed by atoms with Crippen molar-refractivity contribution in [3.05, 3.63) is 17.7 Å². The average molecular weight is 237 g/mol. The van der Waals surface area contributed by atoms with Crippen molar-refractivity contribution in [3.8, 4) is 0 Å². The van der Waals surface area contributed by atoms with Gasteiger partial charge in [0.05, 0.1) is 19.3 Å². The van der Waals surface area contributed by atoms with E-state index in [-0.39, 0.29) is 6.04 Å². The third-order valence-corrected chi connectivity index (χ3v) is 3.53. The van der Waals surface area contributed by atoms with E-state index in [2.05, 4.69) is 15.3 Å². The molecule has 2 aliphatic heterocycles. The van der Waals surface area contributed by atoms with Crippen molar-refractivity contribution in [3.63, 3.8) is 0 Å². The highest BCUT2D eigenvalue weighted by Gasteiger charge is 2.22. The predicted molar refractivity (Wildman–Crippen MR) is 62.9 cm³/mol. The molecule has 2 saturated heterocycles. The molecule has 0 spiro atoms. The van der Waals surface area contributed by atoms with Crippen LogP contribution in [-0.4, -0.2) is 42.9 Å². The number of aromatic nitrogens is 2. The number of morpholine rings is 1. The summed E-state index contributed by atoms with van der Waals surface area (Å²) in [6.07, 6.45) is 4.16. The lowest BCUT2D eigenvalue weighted by molar-refractivity contribution is 0.0741. The van der Waals surface area contributed by atoms with E-state index in [1.165, 1.54) is 5.69 Å². The van der Waals surface area contributed by atoms with Crippen LogP contribution in [0.3, 0.4) is 0 Å². The van der Waals surface area contributed by atoms with Crippen molar-refractivity contribution in [2.75, 3.05) is 33.0 Å². The number of hydrogen-bond acceptors (Lipinski definition) is 4. The minimum atomic E-state index is 0.220. The Labute approximate surface area is 101 Å². The van der Waals surface area contributed by atoms with Crippen molar-refractivity contribution in [1.82, 2.24) is 15.3 Å². The molecule has 0 aromatic carbocycles. The van der Waals surface area contributed by atoms with E-state index in [4.69, 9.17) is 9.47 Å². The quantitative estimate of drug-likeness (QED) is 0.804. The lowest BCUT2D eigenvalue weighted by Gasteiger charge is -2.23. The van der Waals surface area contributed by atoms with Crippen molar-refractivity contribution in [2.45, 2.75) is 24.8 Å². The molecule has 2 fully saturated rings. The normalized spacial score (nSPS) is 27.2. The summed E-state index contributed by atoms with van der Waals surface area (Å²) < 4.78 is 10.8. The first kappa shape index (κ1) is 11.2. The SMILES string of the molecule is c1nc(C2COCCN2)[nH]c1C1CCOCC1. The molecule has 0 bridgehead atoms. The van der Waals surface area contributed by atoms with Gasteiger partial charge in [-0.05, 0) is 12.8 Å². The van der Waals surface area contributed by atoms with Gasteiger partial charge >= 0.3 is 0 Å². The summed E-state index contributed by atoms with van der Waals surface area (Å²) in [6.45, 7) is 4.14. The molecule has 17 heavy (non-hydrogen) atoms. The molecule has 2 aliphatic rings. The van der Waals surface area contributed by atoms with Gasteiger partial charge in [-0.3, -0.25) is 0 Å². The van der Waals surface area contributed by atoms with Crippen molar-refractivity contribution >= 4 is 0 Å². The highest BCUT2D eigenvalue weighted by atomic mass is 16.5. The van der Waals surface area contributed by atoms with E-state index >= 15 is 0 Å². The van der Waals surface area contributed by atoms with Crippen LogP contribution < -0.4 is 5.32 Å². The topological polar surface area (TPSA) is 59.2 Å². The van der Waals surface area contributed by atoms with Crippen LogP contribution in [0.4, 0.5) is 0 Å². The minimum absolute atomic E-state index is 0.220. The van der Waals surface area contributed by atoms with E-state index in [9.17, 15) is 0 Å². The molecular formula is C12H19N3O2. The van der Waals surface area contributed by atoms with Gasteiger partial charge in [-0.25, -0.2) is 4.98 Å². The van der Waals surface area contributed by atoms with Gasteiger partial charge in [0.25, 0.3) is 0 Å². The third kappa shape index (κ3) is 2.51. The molecule has 0 saturated carbocycles. The molecule has 5 heteroatoms. The molecule has 1 aromatic heterocycles. The van der Waals surface area contributed by atoms with Gasteiger partial charge in [0.15, 0.2) is 0 Å². The summed E-state index contributed by atoms with van der Waals surface area (Å²) >= 11 is 0. The Morgan fingerprint density at radius 3 is 2.82 bits per heavy atom. The van der Waals surface area contributed by atoms with E-state index in [0.29, 0.717) is 12.5 Å². The fourth-order valence-corrected chi connectivity index (χ4v) is 2.49. The summed E-state index contributed by atoms with van der Waals surface area (Å²) in [6, 6.07) is 0.220. The predicted octanol–water partition coefficient (Wildman–Crippen LogP) is 0.965. The Morgan fingerprint density at radius 1 is 1.18 bits per heavy atom. The van der Waals surface area contributed by atoms with Gasteiger partial charge < -0.3 is 19.8 Å². The Hall–Kier alpha value is -0.910. The van der Waals surface area contributed by atoms with Crippen LogP contribution in [0.5, 0.6) is 0 Å². The molecule has 1 atom stereocenters. The zero-order chi connectivity index (χ0) is 11.5. The Kier molecular flexibility index (Phi) is 3.40. The van der Waals surface area contributed by atoms with E-state index in [1.54, 1.807) is 0 Å². The maximum Gasteiger partial charge on any atom is 0.125 e. The van der Waals surface area contributed by atoms with Crippen LogP contribution in [0.2, 0.25) is 0 Å². The minimum Gasteiger partial charge on any atom is -0.381 e. The molecule has 0 amide bonds. The number of imidazole rings is 1. The first-order chi connectivity index (χ1) is 8.43. The van der Waals surface area contributed by atoms with Crippen molar-refractivity contribution in [1.29, 1.82) is 0 Å². The largest absolute Gasteiger partial charge is 0.381 e. The second-order valence-electron chi connectivity index (χ2n) is 4.69. The Bertz CT molecular complexity index is 322. The molecule has 3 heterocycles. The molecule has 0 aliphatic carbocycles. The molecule has 94 valence electrons. The lowest BCUT2D eigenvalue weighted by atomic mass is 9.97. The molecule has 5 nitrogen and oxygen atoms in total. The van der Waals surface area contributed by atoms with Gasteiger partial charge in [-0.1, -0.05) is 0 Å². The third-order valence-electron chi connectivity index (χ3n) is 3.53. The van der Waals surface area contributed by atoms with Crippen LogP contribution in [0.1, 0.15) is 36.3 Å². The maximum absolute atomic E-state index is 5.45. The second-order valence-corrected chi connectivity index (χ2v) is 4.69. The van der Waals surface area contributed by atoms with Crippen LogP contribution in [0, 0.1) is 0 Å². The first-order valence-corrected chi connectivity index (χ1v) is 6.37. The highest BCUT2D eigenvalue weighted by molar-refractivity contribution is 5.11. The monoisotopic (exact) mass is 237 g/mol. The van der Waals surface area contributed by atoms with Crippen LogP contribution in [0.15, 0.2) is 6.20 Å². The zero-order valence-corrected chi connectivity index (χ0v) is 9.95. The number of H-pyrrole nitrogens is 1. The maximum atomic E-state index is 5.45. The zero-order valence-electron chi connectivity index (χ0n) is 9.95. The number of nitrogens with one attached hydrogen (secondary N) is 2. The van der Waals surface area contributed by atoms with Crippen molar-refractivity contribution < 1.29 is 9.47 Å². The molecule has 1 unspecified atom stereocenters. The number of aromatic amines is 1. The Morgan fingerprint density at radius 2 is 2.06 bits per heavy atom. The standard InChI is InChI=1S/C12H19N3O2/c1-4-16-5-2-9(1)10-7-14-12(15-10)11-8-17-6-3-13-11/h7,9,11,13H,1-6,8H2,(H,14,15). The molecule has 0 radical (unpaired) electrons. The first-order valence-electron chi connectivity index (χ1n) is 6.37. The molecule has 3 rings (SSSR count). The average Bonchev–Trinajstić information content (AvgIpc) is 2.90. The van der Waals surface area contributed by atoms with Gasteiger partial charge in [-0.2, -0.15) is 0 Å². The van der Waals surface area contributed by atoms with Gasteiger partial charge in [-0.15, -0.1) is 0 Å². The molecule has 2 N–H and O–H groups in total. The summed E-state index contributed by atoms with van der Waals surface area (Å²) in [4.78, 5) is 7.92. The summed E-state index contributed by atoms with van der Waals surface area (Å²) in [5, 5.41) is 3.41. The second kappa shape index (κ2) is 5.16. The van der Waals surface area contributed by atoms with E-state index in [0.717, 1.165) is 45.0 Å². The summed E-state index contributed by atoms with van der Waals surface area (Å²) in [5.41, 5.74) is 1.25. The van der Waals surface area contributed by atoms with Crippen molar-refractivity contribution in [2.24, 2.45) is 0 Å². The highest BCUT2D eigenvalue weighted by Crippen LogP contribution is 2.26.